The molecule has 1 saturated heterocycles. The molecule has 0 radical (unpaired) electrons. The Morgan fingerprint density at radius 1 is 1.24 bits per heavy atom. The molecule has 0 bridgehead atoms. The van der Waals surface area contributed by atoms with E-state index in [1.165, 1.54) is 22.3 Å². The predicted molar refractivity (Wildman–Crippen MR) is 149 cm³/mol. The SMILES string of the molecule is CCC(C)c1cc(-c2ncc(-c3cccc4c3CCC4NC(=O)N3CCC(O)C3)s2)ccc1OC(C)C. The first-order valence-electron chi connectivity index (χ1n) is 13.5. The zero-order valence-electron chi connectivity index (χ0n) is 22.2. The third kappa shape index (κ3) is 5.39. The van der Waals surface area contributed by atoms with Crippen molar-refractivity contribution in [1.82, 2.24) is 15.2 Å². The second-order valence-electron chi connectivity index (χ2n) is 10.6. The molecule has 2 aliphatic rings. The second-order valence-corrected chi connectivity index (χ2v) is 11.6. The number of rotatable bonds is 7. The van der Waals surface area contributed by atoms with Gasteiger partial charge in [-0.2, -0.15) is 0 Å². The van der Waals surface area contributed by atoms with Gasteiger partial charge in [0.25, 0.3) is 0 Å². The lowest BCUT2D eigenvalue weighted by Gasteiger charge is -2.21. The van der Waals surface area contributed by atoms with Gasteiger partial charge in [-0.15, -0.1) is 11.3 Å². The molecule has 1 aromatic heterocycles. The summed E-state index contributed by atoms with van der Waals surface area (Å²) in [6.07, 6.45) is 5.21. The van der Waals surface area contributed by atoms with E-state index in [4.69, 9.17) is 9.72 Å². The molecule has 3 unspecified atom stereocenters. The van der Waals surface area contributed by atoms with Crippen molar-refractivity contribution in [2.45, 2.75) is 77.5 Å². The standard InChI is InChI=1S/C30H37N3O3S/c1-5-19(4)25-15-20(9-12-27(25)36-18(2)3)29-31-16-28(37-29)24-8-6-7-23-22(24)10-11-26(23)32-30(35)33-14-13-21(34)17-33/h6-9,12,15-16,18-19,21,26,34H,5,10-11,13-14,17H2,1-4H3,(H,32,35). The number of benzene rings is 2. The third-order valence-corrected chi connectivity index (χ3v) is 8.63. The van der Waals surface area contributed by atoms with E-state index in [-0.39, 0.29) is 18.2 Å². The molecule has 1 aliphatic heterocycles. The molecule has 3 atom stereocenters. The van der Waals surface area contributed by atoms with Crippen LogP contribution in [0.15, 0.2) is 42.6 Å². The highest BCUT2D eigenvalue weighted by Crippen LogP contribution is 2.42. The highest BCUT2D eigenvalue weighted by atomic mass is 32.1. The van der Waals surface area contributed by atoms with E-state index in [0.717, 1.165) is 40.5 Å². The normalized spacial score (nSPS) is 19.8. The van der Waals surface area contributed by atoms with Crippen LogP contribution < -0.4 is 10.1 Å². The molecule has 2 N–H and O–H groups in total. The van der Waals surface area contributed by atoms with E-state index >= 15 is 0 Å². The highest BCUT2D eigenvalue weighted by Gasteiger charge is 2.30. The first-order valence-corrected chi connectivity index (χ1v) is 14.3. The number of amides is 2. The zero-order chi connectivity index (χ0) is 26.1. The number of aliphatic hydroxyl groups is 1. The number of thiazole rings is 1. The van der Waals surface area contributed by atoms with Gasteiger partial charge in [0, 0.05) is 24.8 Å². The van der Waals surface area contributed by atoms with E-state index in [1.807, 2.05) is 6.20 Å². The van der Waals surface area contributed by atoms with Crippen molar-refractivity contribution in [3.63, 3.8) is 0 Å². The van der Waals surface area contributed by atoms with Crippen LogP contribution in [0.25, 0.3) is 21.0 Å². The fourth-order valence-corrected chi connectivity index (χ4v) is 6.35. The molecule has 1 aliphatic carbocycles. The predicted octanol–water partition coefficient (Wildman–Crippen LogP) is 6.54. The Morgan fingerprint density at radius 2 is 2.08 bits per heavy atom. The van der Waals surface area contributed by atoms with Crippen LogP contribution in [0.4, 0.5) is 4.79 Å². The highest BCUT2D eigenvalue weighted by molar-refractivity contribution is 7.18. The molecule has 3 aromatic rings. The van der Waals surface area contributed by atoms with Crippen LogP contribution in [0, 0.1) is 0 Å². The van der Waals surface area contributed by atoms with Crippen LogP contribution in [0.1, 0.15) is 75.6 Å². The van der Waals surface area contributed by atoms with Gasteiger partial charge in [0.1, 0.15) is 10.8 Å². The Kier molecular flexibility index (Phi) is 7.54. The van der Waals surface area contributed by atoms with Crippen molar-refractivity contribution in [3.05, 3.63) is 59.3 Å². The first-order chi connectivity index (χ1) is 17.8. The number of carbonyl (C=O) groups excluding carboxylic acids is 1. The lowest BCUT2D eigenvalue weighted by atomic mass is 9.96. The minimum Gasteiger partial charge on any atom is -0.491 e. The van der Waals surface area contributed by atoms with Crippen LogP contribution in [-0.4, -0.2) is 46.3 Å². The summed E-state index contributed by atoms with van der Waals surface area (Å²) >= 11 is 1.71. The molecule has 2 heterocycles. The number of urea groups is 1. The molecular formula is C30H37N3O3S. The van der Waals surface area contributed by atoms with E-state index in [1.54, 1.807) is 16.2 Å². The van der Waals surface area contributed by atoms with Crippen molar-refractivity contribution in [3.8, 4) is 26.8 Å². The van der Waals surface area contributed by atoms with Crippen LogP contribution in [-0.2, 0) is 6.42 Å². The molecule has 7 heteroatoms. The molecule has 2 amide bonds. The minimum atomic E-state index is -0.408. The zero-order valence-corrected chi connectivity index (χ0v) is 23.0. The molecule has 0 spiro atoms. The lowest BCUT2D eigenvalue weighted by Crippen LogP contribution is -2.40. The van der Waals surface area contributed by atoms with E-state index in [9.17, 15) is 9.90 Å². The largest absolute Gasteiger partial charge is 0.491 e. The molecule has 6 nitrogen and oxygen atoms in total. The topological polar surface area (TPSA) is 74.7 Å². The minimum absolute atomic E-state index is 0.000763. The summed E-state index contributed by atoms with van der Waals surface area (Å²) in [5, 5.41) is 14.0. The maximum atomic E-state index is 12.7. The molecule has 37 heavy (non-hydrogen) atoms. The summed E-state index contributed by atoms with van der Waals surface area (Å²) in [4.78, 5) is 20.4. The number of β-amino-alcohol motifs (C(OH)–C–C–N with tert-alkyl or cyclic N) is 1. The molecule has 0 saturated carbocycles. The quantitative estimate of drug-likeness (QED) is 0.372. The van der Waals surface area contributed by atoms with E-state index in [0.29, 0.717) is 25.4 Å². The van der Waals surface area contributed by atoms with Gasteiger partial charge in [-0.25, -0.2) is 9.78 Å². The maximum absolute atomic E-state index is 12.7. The van der Waals surface area contributed by atoms with Crippen molar-refractivity contribution in [2.75, 3.05) is 13.1 Å². The Balaban J connectivity index is 1.38. The van der Waals surface area contributed by atoms with Crippen LogP contribution in [0.5, 0.6) is 5.75 Å². The Hall–Kier alpha value is -2.90. The van der Waals surface area contributed by atoms with Crippen LogP contribution in [0.3, 0.4) is 0 Å². The number of carbonyl (C=O) groups is 1. The van der Waals surface area contributed by atoms with Gasteiger partial charge in [-0.05, 0) is 85.9 Å². The average molecular weight is 520 g/mol. The van der Waals surface area contributed by atoms with Gasteiger partial charge in [0.05, 0.1) is 23.1 Å². The monoisotopic (exact) mass is 519 g/mol. The smallest absolute Gasteiger partial charge is 0.317 e. The number of hydrogen-bond acceptors (Lipinski definition) is 5. The van der Waals surface area contributed by atoms with Crippen molar-refractivity contribution < 1.29 is 14.6 Å². The van der Waals surface area contributed by atoms with Crippen LogP contribution >= 0.6 is 11.3 Å². The number of fused-ring (bicyclic) bond motifs is 1. The van der Waals surface area contributed by atoms with Gasteiger partial charge in [-0.1, -0.05) is 32.0 Å². The van der Waals surface area contributed by atoms with E-state index in [2.05, 4.69) is 69.4 Å². The summed E-state index contributed by atoms with van der Waals surface area (Å²) in [5.74, 6) is 1.36. The van der Waals surface area contributed by atoms with Crippen molar-refractivity contribution in [2.24, 2.45) is 0 Å². The summed E-state index contributed by atoms with van der Waals surface area (Å²) in [6.45, 7) is 9.60. The summed E-state index contributed by atoms with van der Waals surface area (Å²) in [5.41, 5.74) is 6.04. The summed E-state index contributed by atoms with van der Waals surface area (Å²) < 4.78 is 6.10. The second kappa shape index (κ2) is 10.8. The number of nitrogens with zero attached hydrogens (tertiary/aromatic N) is 2. The maximum Gasteiger partial charge on any atom is 0.317 e. The number of nitrogens with one attached hydrogen (secondary N) is 1. The summed E-state index contributed by atoms with van der Waals surface area (Å²) in [7, 11) is 0. The fraction of sp³-hybridized carbons (Fsp3) is 0.467. The molecule has 196 valence electrons. The summed E-state index contributed by atoms with van der Waals surface area (Å²) in [6, 6.07) is 12.7. The van der Waals surface area contributed by atoms with Gasteiger partial charge in [-0.3, -0.25) is 0 Å². The average Bonchev–Trinajstić information content (AvgIpc) is 3.64. The Bertz CT molecular complexity index is 1270. The van der Waals surface area contributed by atoms with Crippen molar-refractivity contribution >= 4 is 17.4 Å². The van der Waals surface area contributed by atoms with Crippen molar-refractivity contribution in [1.29, 1.82) is 0 Å². The fourth-order valence-electron chi connectivity index (χ4n) is 5.38. The number of hydrogen-bond donors (Lipinski definition) is 2. The van der Waals surface area contributed by atoms with Gasteiger partial charge in [0.15, 0.2) is 0 Å². The number of aliphatic hydroxyl groups excluding tert-OH is 1. The molecule has 1 fully saturated rings. The Labute approximate surface area is 223 Å². The van der Waals surface area contributed by atoms with Gasteiger partial charge < -0.3 is 20.1 Å². The van der Waals surface area contributed by atoms with E-state index < -0.39 is 6.10 Å². The number of aromatic nitrogens is 1. The third-order valence-electron chi connectivity index (χ3n) is 7.55. The molecular weight excluding hydrogens is 482 g/mol. The van der Waals surface area contributed by atoms with Crippen LogP contribution in [0.2, 0.25) is 0 Å². The van der Waals surface area contributed by atoms with Gasteiger partial charge >= 0.3 is 6.03 Å². The molecule has 5 rings (SSSR count). The number of ether oxygens (including phenoxy) is 1. The first kappa shape index (κ1) is 25.7. The van der Waals surface area contributed by atoms with Gasteiger partial charge in [0.2, 0.25) is 0 Å². The Morgan fingerprint density at radius 3 is 2.81 bits per heavy atom. The lowest BCUT2D eigenvalue weighted by molar-refractivity contribution is 0.170. The number of likely N-dealkylation sites (tertiary alicyclic amines) is 1. The molecule has 2 aromatic carbocycles.